The summed E-state index contributed by atoms with van der Waals surface area (Å²) in [5.41, 5.74) is 2.83. The Morgan fingerprint density at radius 2 is 1.77 bits per heavy atom. The van der Waals surface area contributed by atoms with Crippen LogP contribution in [0, 0.1) is 6.92 Å². The fraction of sp³-hybridized carbons (Fsp3) is 0.562. The Morgan fingerprint density at radius 1 is 1.10 bits per heavy atom. The summed E-state index contributed by atoms with van der Waals surface area (Å²) in [5, 5.41) is -0.108. The molecule has 2 fully saturated rings. The summed E-state index contributed by atoms with van der Waals surface area (Å²) in [6.07, 6.45) is 1.97. The monoisotopic (exact) mass is 567 g/mol. The number of carbonyl (C=O) groups excluding carboxylic acids is 2. The molecule has 1 heterocycles. The van der Waals surface area contributed by atoms with Crippen LogP contribution in [0.4, 0.5) is 4.79 Å². The summed E-state index contributed by atoms with van der Waals surface area (Å²) in [4.78, 5) is 28.9. The molecular formula is C32H45NO6Si. The van der Waals surface area contributed by atoms with Crippen molar-refractivity contribution in [2.75, 3.05) is 13.7 Å². The normalized spacial score (nSPS) is 19.9. The molecule has 0 bridgehead atoms. The molecular weight excluding hydrogens is 522 g/mol. The zero-order valence-corrected chi connectivity index (χ0v) is 26.1. The zero-order chi connectivity index (χ0) is 29.1. The van der Waals surface area contributed by atoms with Crippen LogP contribution in [0.1, 0.15) is 69.2 Å². The summed E-state index contributed by atoms with van der Waals surface area (Å²) in [6, 6.07) is 15.4. The van der Waals surface area contributed by atoms with Crippen LogP contribution < -0.4 is 4.74 Å². The van der Waals surface area contributed by atoms with Gasteiger partial charge in [0.05, 0.1) is 19.3 Å². The summed E-state index contributed by atoms with van der Waals surface area (Å²) in [6.45, 7) is 13.0. The second-order valence-electron chi connectivity index (χ2n) is 12.6. The highest BCUT2D eigenvalue weighted by atomic mass is 28.4. The van der Waals surface area contributed by atoms with E-state index in [0.717, 1.165) is 48.1 Å². The Hall–Kier alpha value is -2.68. The van der Waals surface area contributed by atoms with Gasteiger partial charge in [0.25, 0.3) is 5.91 Å². The number of nitrogens with zero attached hydrogens (tertiary/aromatic N) is 1. The second kappa shape index (κ2) is 12.5. The number of methoxy groups -OCH3 is 1. The number of hydrogen-bond donors (Lipinski definition) is 0. The molecule has 1 saturated heterocycles. The van der Waals surface area contributed by atoms with Crippen LogP contribution >= 0.6 is 0 Å². The Kier molecular flexibility index (Phi) is 9.43. The lowest BCUT2D eigenvalue weighted by molar-refractivity contribution is -0.154. The Morgan fingerprint density at radius 3 is 2.40 bits per heavy atom. The molecule has 1 saturated carbocycles. The van der Waals surface area contributed by atoms with Crippen molar-refractivity contribution in [1.29, 1.82) is 0 Å². The van der Waals surface area contributed by atoms with E-state index >= 15 is 0 Å². The predicted octanol–water partition coefficient (Wildman–Crippen LogP) is 6.98. The maximum Gasteiger partial charge on any atom is 0.417 e. The topological polar surface area (TPSA) is 74.3 Å². The molecule has 1 aliphatic heterocycles. The van der Waals surface area contributed by atoms with Gasteiger partial charge >= 0.3 is 6.09 Å². The van der Waals surface area contributed by atoms with E-state index in [1.807, 2.05) is 55.5 Å². The van der Waals surface area contributed by atoms with Gasteiger partial charge in [-0.15, -0.1) is 0 Å². The molecule has 1 aliphatic carbocycles. The van der Waals surface area contributed by atoms with E-state index in [9.17, 15) is 9.59 Å². The van der Waals surface area contributed by atoms with Crippen molar-refractivity contribution in [1.82, 2.24) is 4.90 Å². The molecule has 40 heavy (non-hydrogen) atoms. The molecule has 0 aromatic heterocycles. The lowest BCUT2D eigenvalue weighted by Gasteiger charge is -2.42. The molecule has 0 unspecified atom stereocenters. The van der Waals surface area contributed by atoms with E-state index in [1.165, 1.54) is 4.90 Å². The molecule has 0 spiro atoms. The SMILES string of the molecule is COc1cc([C@@H](O[Si](C)(C)C(C)(C)C)[C@H](OC2CCCC2)C(=O)N2C(=O)OC[C@H]2Cc2ccccc2)ccc1C. The van der Waals surface area contributed by atoms with Crippen molar-refractivity contribution < 1.29 is 28.2 Å². The van der Waals surface area contributed by atoms with E-state index in [0.29, 0.717) is 6.42 Å². The summed E-state index contributed by atoms with van der Waals surface area (Å²) in [7, 11) is -0.758. The van der Waals surface area contributed by atoms with Gasteiger partial charge in [0.2, 0.25) is 0 Å². The minimum Gasteiger partial charge on any atom is -0.496 e. The molecule has 2 aromatic carbocycles. The van der Waals surface area contributed by atoms with Gasteiger partial charge in [-0.2, -0.15) is 0 Å². The van der Waals surface area contributed by atoms with Gasteiger partial charge in [-0.1, -0.05) is 76.1 Å². The first-order valence-corrected chi connectivity index (χ1v) is 17.3. The van der Waals surface area contributed by atoms with Gasteiger partial charge < -0.3 is 18.6 Å². The Labute approximate surface area is 240 Å². The Balaban J connectivity index is 1.76. The number of rotatable bonds is 10. The van der Waals surface area contributed by atoms with Crippen molar-refractivity contribution in [3.63, 3.8) is 0 Å². The van der Waals surface area contributed by atoms with Gasteiger partial charge in [-0.05, 0) is 67.1 Å². The van der Waals surface area contributed by atoms with Crippen molar-refractivity contribution in [2.24, 2.45) is 0 Å². The minimum absolute atomic E-state index is 0.0713. The molecule has 218 valence electrons. The lowest BCUT2D eigenvalue weighted by Crippen LogP contribution is -2.52. The molecule has 8 heteroatoms. The number of imide groups is 1. The average molecular weight is 568 g/mol. The Bertz CT molecular complexity index is 1170. The molecule has 2 amide bonds. The standard InChI is InChI=1S/C32H45NO6Si/c1-22-17-18-24(20-27(22)36-5)28(39-40(6,7)32(2,3)4)29(38-26-15-11-12-16-26)30(34)33-25(21-37-31(33)35)19-23-13-9-8-10-14-23/h8-10,13-14,17-18,20,25-26,28-29H,11-12,15-16,19,21H2,1-7H3/t25-,28-,29+/m1/s1. The van der Waals surface area contributed by atoms with Gasteiger partial charge in [-0.3, -0.25) is 4.79 Å². The van der Waals surface area contributed by atoms with Crippen LogP contribution in [0.3, 0.4) is 0 Å². The molecule has 3 atom stereocenters. The smallest absolute Gasteiger partial charge is 0.417 e. The van der Waals surface area contributed by atoms with E-state index in [1.54, 1.807) is 7.11 Å². The van der Waals surface area contributed by atoms with Crippen molar-refractivity contribution in [3.8, 4) is 5.75 Å². The van der Waals surface area contributed by atoms with Crippen molar-refractivity contribution in [3.05, 3.63) is 65.2 Å². The predicted molar refractivity (Wildman–Crippen MR) is 158 cm³/mol. The van der Waals surface area contributed by atoms with Crippen molar-refractivity contribution in [2.45, 2.75) is 102 Å². The van der Waals surface area contributed by atoms with Crippen LogP contribution in [0.2, 0.25) is 18.1 Å². The summed E-state index contributed by atoms with van der Waals surface area (Å²) in [5.74, 6) is 0.314. The quantitative estimate of drug-likeness (QED) is 0.288. The summed E-state index contributed by atoms with van der Waals surface area (Å²) >= 11 is 0. The molecule has 0 radical (unpaired) electrons. The van der Waals surface area contributed by atoms with Crippen LogP contribution in [-0.2, 0) is 25.1 Å². The molecule has 4 rings (SSSR count). The number of cyclic esters (lactones) is 1. The van der Waals surface area contributed by atoms with Crippen LogP contribution in [0.5, 0.6) is 5.75 Å². The highest BCUT2D eigenvalue weighted by Gasteiger charge is 2.48. The van der Waals surface area contributed by atoms with Gasteiger partial charge in [0.15, 0.2) is 14.4 Å². The fourth-order valence-corrected chi connectivity index (χ4v) is 6.46. The average Bonchev–Trinajstić information content (AvgIpc) is 3.55. The summed E-state index contributed by atoms with van der Waals surface area (Å²) < 4.78 is 24.8. The molecule has 2 aliphatic rings. The first kappa shape index (κ1) is 30.3. The molecule has 7 nitrogen and oxygen atoms in total. The van der Waals surface area contributed by atoms with E-state index < -0.39 is 38.6 Å². The maximum atomic E-state index is 14.5. The van der Waals surface area contributed by atoms with Crippen LogP contribution in [0.25, 0.3) is 0 Å². The van der Waals surface area contributed by atoms with Gasteiger partial charge in [0.1, 0.15) is 18.5 Å². The van der Waals surface area contributed by atoms with Crippen LogP contribution in [-0.4, -0.2) is 57.2 Å². The third-order valence-corrected chi connectivity index (χ3v) is 13.1. The van der Waals surface area contributed by atoms with Crippen LogP contribution in [0.15, 0.2) is 48.5 Å². The second-order valence-corrected chi connectivity index (χ2v) is 17.4. The largest absolute Gasteiger partial charge is 0.496 e. The number of hydrogen-bond acceptors (Lipinski definition) is 6. The molecule has 0 N–H and O–H groups in total. The highest BCUT2D eigenvalue weighted by molar-refractivity contribution is 6.74. The first-order valence-electron chi connectivity index (χ1n) is 14.4. The first-order chi connectivity index (χ1) is 18.9. The fourth-order valence-electron chi connectivity index (χ4n) is 5.21. The third kappa shape index (κ3) is 6.78. The number of carbonyl (C=O) groups is 2. The zero-order valence-electron chi connectivity index (χ0n) is 25.1. The number of ether oxygens (including phenoxy) is 3. The van der Waals surface area contributed by atoms with Crippen molar-refractivity contribution >= 4 is 20.3 Å². The van der Waals surface area contributed by atoms with Gasteiger partial charge in [-0.25, -0.2) is 9.69 Å². The molecule has 2 aromatic rings. The minimum atomic E-state index is -2.40. The lowest BCUT2D eigenvalue weighted by atomic mass is 9.99. The third-order valence-electron chi connectivity index (χ3n) is 8.66. The highest BCUT2D eigenvalue weighted by Crippen LogP contribution is 2.43. The van der Waals surface area contributed by atoms with E-state index in [-0.39, 0.29) is 17.7 Å². The number of benzene rings is 2. The number of aryl methyl sites for hydroxylation is 1. The van der Waals surface area contributed by atoms with Gasteiger partial charge in [0, 0.05) is 0 Å². The van der Waals surface area contributed by atoms with E-state index in [4.69, 9.17) is 18.6 Å². The maximum absolute atomic E-state index is 14.5. The number of amides is 2. The van der Waals surface area contributed by atoms with E-state index in [2.05, 4.69) is 33.9 Å².